The Bertz CT molecular complexity index is 1390. The summed E-state index contributed by atoms with van der Waals surface area (Å²) in [5, 5.41) is 14.3. The Balaban J connectivity index is 1.58. The van der Waals surface area contributed by atoms with Crippen LogP contribution in [0, 0.1) is 18.3 Å². The highest BCUT2D eigenvalue weighted by Crippen LogP contribution is 2.30. The molecule has 4 rings (SSSR count). The number of aromatic nitrogens is 2. The molecule has 0 atom stereocenters. The van der Waals surface area contributed by atoms with Crippen LogP contribution < -0.4 is 5.32 Å². The molecule has 1 N–H and O–H groups in total. The number of ketones is 1. The molecule has 7 nitrogen and oxygen atoms in total. The van der Waals surface area contributed by atoms with Crippen LogP contribution in [0.25, 0.3) is 16.7 Å². The third-order valence-corrected chi connectivity index (χ3v) is 8.03. The zero-order valence-electron chi connectivity index (χ0n) is 23.1. The first-order valence-electron chi connectivity index (χ1n) is 13.6. The number of aryl methyl sites for hydroxylation is 1. The minimum atomic E-state index is 0.0175. The van der Waals surface area contributed by atoms with E-state index >= 15 is 0 Å². The average Bonchev–Trinajstić information content (AvgIpc) is 3.23. The fraction of sp³-hybridized carbons (Fsp3) is 0.419. The summed E-state index contributed by atoms with van der Waals surface area (Å²) < 4.78 is 2.05. The van der Waals surface area contributed by atoms with E-state index in [4.69, 9.17) is 4.98 Å². The standard InChI is InChI=1S/C31H37N5O2S/c1-22(2)21-39-16-13-33-29(38)12-9-25-17-27-31(34-19-25)30(28(37)20-35-14-5-4-6-15-35)23(3)36(27)26-10-7-24(18-32)8-11-26/h7-8,10-11,17,19,21H,4-6,9,12-16,20H2,1-3H3,(H,33,38). The monoisotopic (exact) mass is 543 g/mol. The van der Waals surface area contributed by atoms with Gasteiger partial charge in [-0.05, 0) is 94.4 Å². The number of nitrogens with zero attached hydrogens (tertiary/aromatic N) is 4. The number of allylic oxidation sites excluding steroid dienone is 1. The molecule has 0 saturated carbocycles. The Morgan fingerprint density at radius 2 is 1.90 bits per heavy atom. The number of carbonyl (C=O) groups is 2. The molecule has 8 heteroatoms. The first kappa shape index (κ1) is 28.6. The molecule has 0 radical (unpaired) electrons. The number of hydrogen-bond donors (Lipinski definition) is 1. The van der Waals surface area contributed by atoms with Crippen molar-refractivity contribution >= 4 is 34.5 Å². The second-order valence-electron chi connectivity index (χ2n) is 10.3. The number of piperidine rings is 1. The lowest BCUT2D eigenvalue weighted by Crippen LogP contribution is -2.34. The fourth-order valence-corrected chi connectivity index (χ4v) is 5.70. The number of carbonyl (C=O) groups excluding carboxylic acids is 2. The summed E-state index contributed by atoms with van der Waals surface area (Å²) in [5.74, 6) is 0.942. The van der Waals surface area contributed by atoms with Gasteiger partial charge in [0, 0.05) is 36.3 Å². The van der Waals surface area contributed by atoms with E-state index in [2.05, 4.69) is 40.1 Å². The lowest BCUT2D eigenvalue weighted by atomic mass is 10.1. The van der Waals surface area contributed by atoms with Crippen molar-refractivity contribution in [1.29, 1.82) is 5.26 Å². The van der Waals surface area contributed by atoms with Crippen LogP contribution in [-0.4, -0.2) is 58.1 Å². The van der Waals surface area contributed by atoms with Crippen LogP contribution in [0.4, 0.5) is 0 Å². The molecule has 1 aliphatic rings. The van der Waals surface area contributed by atoms with Crippen molar-refractivity contribution in [2.24, 2.45) is 0 Å². The van der Waals surface area contributed by atoms with Crippen LogP contribution >= 0.6 is 11.8 Å². The molecule has 2 aromatic heterocycles. The van der Waals surface area contributed by atoms with Gasteiger partial charge in [-0.15, -0.1) is 11.8 Å². The SMILES string of the molecule is CC(C)=CSCCNC(=O)CCc1cnc2c(C(=O)CN3CCCCC3)c(C)n(-c3ccc(C#N)cc3)c2c1. The number of hydrogen-bond acceptors (Lipinski definition) is 6. The van der Waals surface area contributed by atoms with Crippen LogP contribution in [0.3, 0.4) is 0 Å². The van der Waals surface area contributed by atoms with E-state index in [1.165, 1.54) is 12.0 Å². The second-order valence-corrected chi connectivity index (χ2v) is 11.3. The zero-order valence-corrected chi connectivity index (χ0v) is 23.9. The van der Waals surface area contributed by atoms with Gasteiger partial charge in [-0.1, -0.05) is 12.0 Å². The number of benzene rings is 1. The van der Waals surface area contributed by atoms with Crippen LogP contribution in [0.5, 0.6) is 0 Å². The van der Waals surface area contributed by atoms with Crippen molar-refractivity contribution in [3.8, 4) is 11.8 Å². The third-order valence-electron chi connectivity index (χ3n) is 6.95. The molecular formula is C31H37N5O2S. The van der Waals surface area contributed by atoms with E-state index in [1.54, 1.807) is 30.1 Å². The number of pyridine rings is 1. The molecule has 1 aromatic carbocycles. The van der Waals surface area contributed by atoms with Gasteiger partial charge in [0.15, 0.2) is 5.78 Å². The van der Waals surface area contributed by atoms with Gasteiger partial charge in [-0.3, -0.25) is 19.5 Å². The Morgan fingerprint density at radius 3 is 2.59 bits per heavy atom. The highest BCUT2D eigenvalue weighted by atomic mass is 32.2. The summed E-state index contributed by atoms with van der Waals surface area (Å²) in [7, 11) is 0. The van der Waals surface area contributed by atoms with Crippen molar-refractivity contribution in [1.82, 2.24) is 19.8 Å². The molecule has 204 valence electrons. The Labute approximate surface area is 235 Å². The number of thioether (sulfide) groups is 1. The topological polar surface area (TPSA) is 91.0 Å². The minimum absolute atomic E-state index is 0.0175. The number of Topliss-reactive ketones (excluding diaryl/α,β-unsaturated/α-hetero) is 1. The summed E-state index contributed by atoms with van der Waals surface area (Å²) in [6.07, 6.45) is 6.20. The largest absolute Gasteiger partial charge is 0.355 e. The van der Waals surface area contributed by atoms with Gasteiger partial charge in [-0.25, -0.2) is 0 Å². The van der Waals surface area contributed by atoms with E-state index in [-0.39, 0.29) is 11.7 Å². The molecule has 0 unspecified atom stereocenters. The van der Waals surface area contributed by atoms with Crippen LogP contribution in [0.1, 0.15) is 66.7 Å². The molecule has 39 heavy (non-hydrogen) atoms. The van der Waals surface area contributed by atoms with Gasteiger partial charge in [0.1, 0.15) is 0 Å². The number of nitriles is 1. The molecule has 3 aromatic rings. The predicted octanol–water partition coefficient (Wildman–Crippen LogP) is 5.58. The van der Waals surface area contributed by atoms with Gasteiger partial charge < -0.3 is 9.88 Å². The highest BCUT2D eigenvalue weighted by Gasteiger charge is 2.24. The fourth-order valence-electron chi connectivity index (χ4n) is 5.03. The zero-order chi connectivity index (χ0) is 27.8. The smallest absolute Gasteiger partial charge is 0.220 e. The number of rotatable bonds is 11. The maximum atomic E-state index is 13.6. The quantitative estimate of drug-likeness (QED) is 0.251. The van der Waals surface area contributed by atoms with Gasteiger partial charge in [0.05, 0.1) is 34.8 Å². The Kier molecular flexibility index (Phi) is 9.96. The van der Waals surface area contributed by atoms with Crippen molar-refractivity contribution in [3.63, 3.8) is 0 Å². The maximum absolute atomic E-state index is 13.6. The molecule has 0 bridgehead atoms. The molecule has 3 heterocycles. The van der Waals surface area contributed by atoms with Gasteiger partial charge in [0.25, 0.3) is 0 Å². The van der Waals surface area contributed by atoms with Gasteiger partial charge in [0.2, 0.25) is 5.91 Å². The van der Waals surface area contributed by atoms with E-state index < -0.39 is 0 Å². The molecule has 1 amide bonds. The highest BCUT2D eigenvalue weighted by molar-refractivity contribution is 8.02. The predicted molar refractivity (Wildman–Crippen MR) is 158 cm³/mol. The van der Waals surface area contributed by atoms with E-state index in [1.807, 2.05) is 25.1 Å². The summed E-state index contributed by atoms with van der Waals surface area (Å²) in [6, 6.07) is 11.6. The van der Waals surface area contributed by atoms with E-state index in [0.717, 1.165) is 54.1 Å². The summed E-state index contributed by atoms with van der Waals surface area (Å²) >= 11 is 1.70. The van der Waals surface area contributed by atoms with Crippen molar-refractivity contribution in [3.05, 3.63) is 69.9 Å². The lowest BCUT2D eigenvalue weighted by Gasteiger charge is -2.25. The average molecular weight is 544 g/mol. The first-order valence-corrected chi connectivity index (χ1v) is 14.7. The first-order chi connectivity index (χ1) is 18.9. The number of amides is 1. The van der Waals surface area contributed by atoms with Gasteiger partial charge >= 0.3 is 0 Å². The normalized spacial score (nSPS) is 13.7. The Hall–Kier alpha value is -3.41. The second kappa shape index (κ2) is 13.6. The number of likely N-dealkylation sites (tertiary alicyclic amines) is 1. The Morgan fingerprint density at radius 1 is 1.15 bits per heavy atom. The number of fused-ring (bicyclic) bond motifs is 1. The van der Waals surface area contributed by atoms with E-state index in [0.29, 0.717) is 42.6 Å². The van der Waals surface area contributed by atoms with Gasteiger partial charge in [-0.2, -0.15) is 5.26 Å². The molecule has 0 aliphatic carbocycles. The van der Waals surface area contributed by atoms with Crippen molar-refractivity contribution < 1.29 is 9.59 Å². The maximum Gasteiger partial charge on any atom is 0.220 e. The molecule has 1 aliphatic heterocycles. The van der Waals surface area contributed by atoms with Crippen molar-refractivity contribution in [2.75, 3.05) is 31.9 Å². The van der Waals surface area contributed by atoms with Crippen LogP contribution in [0.2, 0.25) is 0 Å². The summed E-state index contributed by atoms with van der Waals surface area (Å²) in [4.78, 5) is 33.0. The number of nitrogens with one attached hydrogen (secondary N) is 1. The van der Waals surface area contributed by atoms with E-state index in [9.17, 15) is 14.9 Å². The third kappa shape index (κ3) is 7.37. The molecular weight excluding hydrogens is 506 g/mol. The molecule has 1 fully saturated rings. The minimum Gasteiger partial charge on any atom is -0.355 e. The lowest BCUT2D eigenvalue weighted by molar-refractivity contribution is -0.120. The molecule has 1 saturated heterocycles. The van der Waals surface area contributed by atoms with Crippen molar-refractivity contribution in [2.45, 2.75) is 52.9 Å². The van der Waals surface area contributed by atoms with Crippen LogP contribution in [-0.2, 0) is 11.2 Å². The molecule has 0 spiro atoms. The summed E-state index contributed by atoms with van der Waals surface area (Å²) in [5.41, 5.74) is 6.67. The summed E-state index contributed by atoms with van der Waals surface area (Å²) in [6.45, 7) is 9.01. The van der Waals surface area contributed by atoms with Crippen LogP contribution in [0.15, 0.2) is 47.5 Å².